The van der Waals surface area contributed by atoms with E-state index in [2.05, 4.69) is 15.9 Å². The lowest BCUT2D eigenvalue weighted by atomic mass is 10.2. The van der Waals surface area contributed by atoms with Crippen LogP contribution in [-0.4, -0.2) is 11.2 Å². The van der Waals surface area contributed by atoms with Gasteiger partial charge in [0.05, 0.1) is 12.7 Å². The highest BCUT2D eigenvalue weighted by atomic mass is 79.9. The lowest BCUT2D eigenvalue weighted by Crippen LogP contribution is -2.08. The van der Waals surface area contributed by atoms with Crippen LogP contribution >= 0.6 is 15.9 Å². The average Bonchev–Trinajstić information content (AvgIpc) is 2.10. The van der Waals surface area contributed by atoms with E-state index in [4.69, 9.17) is 9.84 Å². The molecule has 1 aromatic carbocycles. The van der Waals surface area contributed by atoms with E-state index in [1.54, 1.807) is 12.1 Å². The van der Waals surface area contributed by atoms with Gasteiger partial charge in [-0.15, -0.1) is 0 Å². The van der Waals surface area contributed by atoms with Crippen molar-refractivity contribution in [3.63, 3.8) is 0 Å². The molecule has 0 aliphatic heterocycles. The van der Waals surface area contributed by atoms with Crippen LogP contribution in [0.5, 0.6) is 5.75 Å². The standard InChI is InChI=1S/C10H12BrFO2/c1-6(2)14-9-4-3-8(11)7(5-13)10(9)12/h3-4,6,13H,5H2,1-2H3. The molecule has 78 valence electrons. The second-order valence-electron chi connectivity index (χ2n) is 3.16. The van der Waals surface area contributed by atoms with Crippen molar-refractivity contribution < 1.29 is 14.2 Å². The fourth-order valence-electron chi connectivity index (χ4n) is 1.07. The van der Waals surface area contributed by atoms with Crippen molar-refractivity contribution in [3.8, 4) is 5.75 Å². The Morgan fingerprint density at radius 2 is 2.14 bits per heavy atom. The molecule has 0 fully saturated rings. The van der Waals surface area contributed by atoms with E-state index in [1.165, 1.54) is 0 Å². The first-order chi connectivity index (χ1) is 6.56. The number of benzene rings is 1. The summed E-state index contributed by atoms with van der Waals surface area (Å²) in [6.07, 6.45) is -0.0859. The third-order valence-corrected chi connectivity index (χ3v) is 2.41. The summed E-state index contributed by atoms with van der Waals surface area (Å²) >= 11 is 3.15. The Balaban J connectivity index is 3.08. The first-order valence-corrected chi connectivity index (χ1v) is 5.10. The van der Waals surface area contributed by atoms with Crippen molar-refractivity contribution in [2.24, 2.45) is 0 Å². The maximum absolute atomic E-state index is 13.6. The summed E-state index contributed by atoms with van der Waals surface area (Å²) in [6.45, 7) is 3.29. The van der Waals surface area contributed by atoms with Gasteiger partial charge in [-0.25, -0.2) is 4.39 Å². The van der Waals surface area contributed by atoms with Crippen LogP contribution in [0.4, 0.5) is 4.39 Å². The molecule has 1 rings (SSSR count). The Morgan fingerprint density at radius 3 is 2.64 bits per heavy atom. The zero-order chi connectivity index (χ0) is 10.7. The number of aliphatic hydroxyl groups is 1. The Hall–Kier alpha value is -0.610. The van der Waals surface area contributed by atoms with Crippen LogP contribution < -0.4 is 4.74 Å². The predicted octanol–water partition coefficient (Wildman–Crippen LogP) is 2.87. The highest BCUT2D eigenvalue weighted by Gasteiger charge is 2.12. The van der Waals surface area contributed by atoms with Crippen LogP contribution in [0.3, 0.4) is 0 Å². The lowest BCUT2D eigenvalue weighted by Gasteiger charge is -2.12. The zero-order valence-corrected chi connectivity index (χ0v) is 9.64. The van der Waals surface area contributed by atoms with E-state index < -0.39 is 5.82 Å². The number of aliphatic hydroxyl groups excluding tert-OH is 1. The maximum atomic E-state index is 13.6. The van der Waals surface area contributed by atoms with Gasteiger partial charge < -0.3 is 9.84 Å². The van der Waals surface area contributed by atoms with Gasteiger partial charge in [0.1, 0.15) is 0 Å². The summed E-state index contributed by atoms with van der Waals surface area (Å²) in [5.41, 5.74) is 0.225. The summed E-state index contributed by atoms with van der Waals surface area (Å²) in [5, 5.41) is 8.93. The van der Waals surface area contributed by atoms with Gasteiger partial charge in [0.15, 0.2) is 11.6 Å². The molecular formula is C10H12BrFO2. The molecule has 0 atom stereocenters. The molecule has 1 N–H and O–H groups in total. The fraction of sp³-hybridized carbons (Fsp3) is 0.400. The third kappa shape index (κ3) is 2.45. The number of ether oxygens (including phenoxy) is 1. The lowest BCUT2D eigenvalue weighted by molar-refractivity contribution is 0.225. The topological polar surface area (TPSA) is 29.5 Å². The highest BCUT2D eigenvalue weighted by molar-refractivity contribution is 9.10. The fourth-order valence-corrected chi connectivity index (χ4v) is 1.50. The number of hydrogen-bond acceptors (Lipinski definition) is 2. The van der Waals surface area contributed by atoms with Crippen LogP contribution in [0.2, 0.25) is 0 Å². The molecule has 0 aliphatic rings. The number of hydrogen-bond donors (Lipinski definition) is 1. The van der Waals surface area contributed by atoms with Crippen LogP contribution in [-0.2, 0) is 6.61 Å². The molecule has 0 heterocycles. The van der Waals surface area contributed by atoms with Gasteiger partial charge in [0.25, 0.3) is 0 Å². The molecule has 0 saturated heterocycles. The number of rotatable bonds is 3. The van der Waals surface area contributed by atoms with Crippen LogP contribution in [0.15, 0.2) is 16.6 Å². The quantitative estimate of drug-likeness (QED) is 0.908. The molecular weight excluding hydrogens is 251 g/mol. The molecule has 0 aromatic heterocycles. The molecule has 2 nitrogen and oxygen atoms in total. The van der Waals surface area contributed by atoms with Crippen molar-refractivity contribution in [3.05, 3.63) is 28.0 Å². The Labute approximate surface area is 90.8 Å². The van der Waals surface area contributed by atoms with E-state index >= 15 is 0 Å². The minimum absolute atomic E-state index is 0.0859. The molecule has 0 unspecified atom stereocenters. The largest absolute Gasteiger partial charge is 0.488 e. The molecule has 14 heavy (non-hydrogen) atoms. The maximum Gasteiger partial charge on any atom is 0.171 e. The van der Waals surface area contributed by atoms with Crippen molar-refractivity contribution >= 4 is 15.9 Å². The minimum atomic E-state index is -0.504. The molecule has 0 saturated carbocycles. The Kier molecular flexibility index (Phi) is 3.89. The summed E-state index contributed by atoms with van der Waals surface area (Å²) in [4.78, 5) is 0. The van der Waals surface area contributed by atoms with Crippen LogP contribution in [0, 0.1) is 5.82 Å². The summed E-state index contributed by atoms with van der Waals surface area (Å²) < 4.78 is 19.4. The van der Waals surface area contributed by atoms with E-state index in [0.717, 1.165) is 0 Å². The summed E-state index contributed by atoms with van der Waals surface area (Å²) in [6, 6.07) is 3.20. The molecule has 0 amide bonds. The van der Waals surface area contributed by atoms with Crippen molar-refractivity contribution in [2.45, 2.75) is 26.6 Å². The van der Waals surface area contributed by atoms with Gasteiger partial charge in [-0.05, 0) is 26.0 Å². The monoisotopic (exact) mass is 262 g/mol. The number of halogens is 2. The van der Waals surface area contributed by atoms with Gasteiger partial charge >= 0.3 is 0 Å². The van der Waals surface area contributed by atoms with E-state index in [9.17, 15) is 4.39 Å². The molecule has 1 aromatic rings. The van der Waals surface area contributed by atoms with E-state index in [-0.39, 0.29) is 24.0 Å². The molecule has 0 aliphatic carbocycles. The van der Waals surface area contributed by atoms with Crippen molar-refractivity contribution in [2.75, 3.05) is 0 Å². The molecule has 4 heteroatoms. The molecule has 0 radical (unpaired) electrons. The Bertz CT molecular complexity index is 326. The predicted molar refractivity (Wildman–Crippen MR) is 55.8 cm³/mol. The van der Waals surface area contributed by atoms with E-state index in [1.807, 2.05) is 13.8 Å². The zero-order valence-electron chi connectivity index (χ0n) is 8.05. The van der Waals surface area contributed by atoms with E-state index in [0.29, 0.717) is 4.47 Å². The third-order valence-electron chi connectivity index (χ3n) is 1.67. The first-order valence-electron chi connectivity index (χ1n) is 4.30. The normalized spacial score (nSPS) is 10.7. The van der Waals surface area contributed by atoms with Crippen molar-refractivity contribution in [1.29, 1.82) is 0 Å². The first kappa shape index (κ1) is 11.5. The summed E-state index contributed by atoms with van der Waals surface area (Å²) in [5.74, 6) is -0.331. The highest BCUT2D eigenvalue weighted by Crippen LogP contribution is 2.28. The second-order valence-corrected chi connectivity index (χ2v) is 4.02. The van der Waals surface area contributed by atoms with Gasteiger partial charge in [-0.1, -0.05) is 15.9 Å². The van der Waals surface area contributed by atoms with Gasteiger partial charge in [-0.2, -0.15) is 0 Å². The second kappa shape index (κ2) is 4.75. The molecule has 0 spiro atoms. The van der Waals surface area contributed by atoms with Crippen LogP contribution in [0.25, 0.3) is 0 Å². The minimum Gasteiger partial charge on any atom is -0.488 e. The van der Waals surface area contributed by atoms with Gasteiger partial charge in [-0.3, -0.25) is 0 Å². The van der Waals surface area contributed by atoms with Crippen LogP contribution in [0.1, 0.15) is 19.4 Å². The SMILES string of the molecule is CC(C)Oc1ccc(Br)c(CO)c1F. The Morgan fingerprint density at radius 1 is 1.50 bits per heavy atom. The smallest absolute Gasteiger partial charge is 0.171 e. The van der Waals surface area contributed by atoms with Crippen molar-refractivity contribution in [1.82, 2.24) is 0 Å². The average molecular weight is 263 g/mol. The van der Waals surface area contributed by atoms with Gasteiger partial charge in [0.2, 0.25) is 0 Å². The summed E-state index contributed by atoms with van der Waals surface area (Å²) in [7, 11) is 0. The molecule has 0 bridgehead atoms. The van der Waals surface area contributed by atoms with Gasteiger partial charge in [0, 0.05) is 10.0 Å².